The second-order valence-electron chi connectivity index (χ2n) is 4.99. The molecule has 3 aromatic rings. The third-order valence-corrected chi connectivity index (χ3v) is 4.93. The lowest BCUT2D eigenvalue weighted by molar-refractivity contribution is 0.756. The lowest BCUT2D eigenvalue weighted by Gasteiger charge is -2.10. The number of thiazole rings is 1. The number of anilines is 1. The molecular formula is C16H15BrN2S. The van der Waals surface area contributed by atoms with E-state index in [0.717, 1.165) is 22.1 Å². The molecule has 0 aliphatic carbocycles. The summed E-state index contributed by atoms with van der Waals surface area (Å²) >= 11 is 5.26. The van der Waals surface area contributed by atoms with Crippen molar-refractivity contribution in [3.63, 3.8) is 0 Å². The molecule has 3 rings (SSSR count). The molecule has 2 N–H and O–H groups in total. The Labute approximate surface area is 130 Å². The van der Waals surface area contributed by atoms with Gasteiger partial charge in [0.1, 0.15) is 0 Å². The van der Waals surface area contributed by atoms with Gasteiger partial charge in [0.05, 0.1) is 15.2 Å². The van der Waals surface area contributed by atoms with E-state index >= 15 is 0 Å². The molecule has 2 nitrogen and oxygen atoms in total. The molecule has 0 spiro atoms. The smallest absolute Gasteiger partial charge is 0.0944 e. The molecule has 0 amide bonds. The van der Waals surface area contributed by atoms with E-state index in [2.05, 4.69) is 53.2 Å². The number of hydrogen-bond acceptors (Lipinski definition) is 3. The average molecular weight is 347 g/mol. The monoisotopic (exact) mass is 346 g/mol. The summed E-state index contributed by atoms with van der Waals surface area (Å²) in [6.07, 6.45) is 0.959. The van der Waals surface area contributed by atoms with E-state index in [4.69, 9.17) is 10.7 Å². The van der Waals surface area contributed by atoms with Gasteiger partial charge in [0, 0.05) is 16.6 Å². The van der Waals surface area contributed by atoms with Gasteiger partial charge in [0.2, 0.25) is 0 Å². The topological polar surface area (TPSA) is 38.9 Å². The average Bonchev–Trinajstić information content (AvgIpc) is 2.80. The SMILES string of the molecule is CC(Cc1nc2cc(Br)ccc2s1)c1ccc(N)cc1. The van der Waals surface area contributed by atoms with Crippen molar-refractivity contribution in [3.8, 4) is 0 Å². The summed E-state index contributed by atoms with van der Waals surface area (Å²) in [7, 11) is 0. The first kappa shape index (κ1) is 13.6. The highest BCUT2D eigenvalue weighted by atomic mass is 79.9. The van der Waals surface area contributed by atoms with Crippen molar-refractivity contribution in [2.24, 2.45) is 0 Å². The van der Waals surface area contributed by atoms with Gasteiger partial charge in [-0.2, -0.15) is 0 Å². The standard InChI is InChI=1S/C16H15BrN2S/c1-10(11-2-5-13(18)6-3-11)8-16-19-14-9-12(17)4-7-15(14)20-16/h2-7,9-10H,8,18H2,1H3. The first-order valence-electron chi connectivity index (χ1n) is 6.52. The summed E-state index contributed by atoms with van der Waals surface area (Å²) in [6, 6.07) is 14.4. The number of rotatable bonds is 3. The van der Waals surface area contributed by atoms with Crippen LogP contribution in [0.1, 0.15) is 23.4 Å². The number of nitrogen functional groups attached to an aromatic ring is 1. The second-order valence-corrected chi connectivity index (χ2v) is 7.02. The first-order chi connectivity index (χ1) is 9.61. The molecule has 2 aromatic carbocycles. The maximum Gasteiger partial charge on any atom is 0.0944 e. The number of nitrogens with zero attached hydrogens (tertiary/aromatic N) is 1. The first-order valence-corrected chi connectivity index (χ1v) is 8.13. The highest BCUT2D eigenvalue weighted by Gasteiger charge is 2.11. The molecule has 0 fully saturated rings. The van der Waals surface area contributed by atoms with Crippen molar-refractivity contribution in [2.45, 2.75) is 19.3 Å². The molecule has 1 heterocycles. The molecule has 0 saturated heterocycles. The van der Waals surface area contributed by atoms with Gasteiger partial charge in [0.25, 0.3) is 0 Å². The highest BCUT2D eigenvalue weighted by molar-refractivity contribution is 9.10. The zero-order valence-electron chi connectivity index (χ0n) is 11.1. The summed E-state index contributed by atoms with van der Waals surface area (Å²) in [4.78, 5) is 4.72. The van der Waals surface area contributed by atoms with E-state index in [1.165, 1.54) is 15.3 Å². The normalized spacial score (nSPS) is 12.7. The number of nitrogens with two attached hydrogens (primary N) is 1. The predicted molar refractivity (Wildman–Crippen MR) is 90.3 cm³/mol. The van der Waals surface area contributed by atoms with Crippen LogP contribution in [0.3, 0.4) is 0 Å². The number of hydrogen-bond donors (Lipinski definition) is 1. The van der Waals surface area contributed by atoms with Crippen LogP contribution >= 0.6 is 27.3 Å². The minimum atomic E-state index is 0.444. The fraction of sp³-hybridized carbons (Fsp3) is 0.188. The Morgan fingerprint density at radius 2 is 1.95 bits per heavy atom. The van der Waals surface area contributed by atoms with E-state index < -0.39 is 0 Å². The molecule has 1 unspecified atom stereocenters. The number of aromatic nitrogens is 1. The van der Waals surface area contributed by atoms with Crippen molar-refractivity contribution < 1.29 is 0 Å². The van der Waals surface area contributed by atoms with E-state index in [0.29, 0.717) is 5.92 Å². The van der Waals surface area contributed by atoms with Crippen molar-refractivity contribution in [1.29, 1.82) is 0 Å². The molecule has 1 atom stereocenters. The third kappa shape index (κ3) is 2.86. The van der Waals surface area contributed by atoms with Gasteiger partial charge < -0.3 is 5.73 Å². The summed E-state index contributed by atoms with van der Waals surface area (Å²) in [5.74, 6) is 0.444. The van der Waals surface area contributed by atoms with Gasteiger partial charge in [-0.3, -0.25) is 0 Å². The fourth-order valence-corrected chi connectivity index (χ4v) is 3.67. The van der Waals surface area contributed by atoms with Crippen molar-refractivity contribution >= 4 is 43.2 Å². The maximum absolute atomic E-state index is 5.73. The Morgan fingerprint density at radius 3 is 2.70 bits per heavy atom. The molecule has 102 valence electrons. The second kappa shape index (κ2) is 5.54. The Morgan fingerprint density at radius 1 is 1.20 bits per heavy atom. The van der Waals surface area contributed by atoms with Crippen LogP contribution in [-0.2, 0) is 6.42 Å². The molecule has 20 heavy (non-hydrogen) atoms. The molecule has 0 aliphatic heterocycles. The van der Waals surface area contributed by atoms with Gasteiger partial charge in [-0.05, 0) is 41.8 Å². The van der Waals surface area contributed by atoms with Crippen molar-refractivity contribution in [2.75, 3.05) is 5.73 Å². The maximum atomic E-state index is 5.73. The van der Waals surface area contributed by atoms with Gasteiger partial charge in [0.15, 0.2) is 0 Å². The van der Waals surface area contributed by atoms with Gasteiger partial charge >= 0.3 is 0 Å². The zero-order chi connectivity index (χ0) is 14.1. The molecule has 0 aliphatic rings. The summed E-state index contributed by atoms with van der Waals surface area (Å²) in [5, 5.41) is 1.18. The minimum Gasteiger partial charge on any atom is -0.399 e. The van der Waals surface area contributed by atoms with Crippen LogP contribution in [0, 0.1) is 0 Å². The molecule has 4 heteroatoms. The molecule has 0 saturated carbocycles. The lowest BCUT2D eigenvalue weighted by Crippen LogP contribution is -1.98. The lowest BCUT2D eigenvalue weighted by atomic mass is 9.98. The summed E-state index contributed by atoms with van der Waals surface area (Å²) in [5.41, 5.74) is 8.92. The van der Waals surface area contributed by atoms with E-state index in [1.807, 2.05) is 12.1 Å². The van der Waals surface area contributed by atoms with Crippen LogP contribution in [0.15, 0.2) is 46.9 Å². The predicted octanol–water partition coefficient (Wildman–Crippen LogP) is 4.99. The van der Waals surface area contributed by atoms with Crippen LogP contribution in [0.5, 0.6) is 0 Å². The third-order valence-electron chi connectivity index (χ3n) is 3.38. The van der Waals surface area contributed by atoms with Crippen molar-refractivity contribution in [1.82, 2.24) is 4.98 Å². The van der Waals surface area contributed by atoms with Gasteiger partial charge in [-0.25, -0.2) is 4.98 Å². The van der Waals surface area contributed by atoms with E-state index in [-0.39, 0.29) is 0 Å². The van der Waals surface area contributed by atoms with Crippen LogP contribution in [-0.4, -0.2) is 4.98 Å². The minimum absolute atomic E-state index is 0.444. The number of halogens is 1. The van der Waals surface area contributed by atoms with Crippen LogP contribution in [0.4, 0.5) is 5.69 Å². The van der Waals surface area contributed by atoms with E-state index in [1.54, 1.807) is 11.3 Å². The van der Waals surface area contributed by atoms with Gasteiger partial charge in [-0.1, -0.05) is 35.0 Å². The molecule has 0 radical (unpaired) electrons. The quantitative estimate of drug-likeness (QED) is 0.678. The number of fused-ring (bicyclic) bond motifs is 1. The molecular weight excluding hydrogens is 332 g/mol. The highest BCUT2D eigenvalue weighted by Crippen LogP contribution is 2.29. The number of benzene rings is 2. The fourth-order valence-electron chi connectivity index (χ4n) is 2.24. The summed E-state index contributed by atoms with van der Waals surface area (Å²) < 4.78 is 2.32. The Balaban J connectivity index is 1.83. The van der Waals surface area contributed by atoms with Gasteiger partial charge in [-0.15, -0.1) is 11.3 Å². The van der Waals surface area contributed by atoms with Crippen LogP contribution in [0.2, 0.25) is 0 Å². The Bertz CT molecular complexity index is 734. The Kier molecular flexibility index (Phi) is 3.76. The summed E-state index contributed by atoms with van der Waals surface area (Å²) in [6.45, 7) is 2.23. The Hall–Kier alpha value is -1.39. The van der Waals surface area contributed by atoms with Crippen molar-refractivity contribution in [3.05, 3.63) is 57.5 Å². The zero-order valence-corrected chi connectivity index (χ0v) is 13.5. The van der Waals surface area contributed by atoms with Crippen LogP contribution in [0.25, 0.3) is 10.2 Å². The largest absolute Gasteiger partial charge is 0.399 e. The van der Waals surface area contributed by atoms with Crippen LogP contribution < -0.4 is 5.73 Å². The van der Waals surface area contributed by atoms with E-state index in [9.17, 15) is 0 Å². The molecule has 0 bridgehead atoms. The molecule has 1 aromatic heterocycles.